The highest BCUT2D eigenvalue weighted by Gasteiger charge is 2.30. The molecule has 1 aliphatic rings. The lowest BCUT2D eigenvalue weighted by atomic mass is 9.75. The SMILES string of the molecule is CC(CC(=N)N)N1CCC(C(C)(C)C)CC1. The first-order chi connectivity index (χ1) is 7.30. The van der Waals surface area contributed by atoms with Gasteiger partial charge in [0.2, 0.25) is 0 Å². The van der Waals surface area contributed by atoms with Crippen LogP contribution in [0.25, 0.3) is 0 Å². The lowest BCUT2D eigenvalue weighted by molar-refractivity contribution is 0.0896. The van der Waals surface area contributed by atoms with Crippen LogP contribution in [0.1, 0.15) is 47.0 Å². The van der Waals surface area contributed by atoms with E-state index in [1.165, 1.54) is 12.8 Å². The molecule has 0 aliphatic carbocycles. The Morgan fingerprint density at radius 1 is 1.38 bits per heavy atom. The Labute approximate surface area is 99.9 Å². The fourth-order valence-corrected chi connectivity index (χ4v) is 2.65. The molecule has 0 amide bonds. The van der Waals surface area contributed by atoms with Gasteiger partial charge in [-0.3, -0.25) is 5.41 Å². The maximum Gasteiger partial charge on any atom is 0.0920 e. The summed E-state index contributed by atoms with van der Waals surface area (Å²) in [4.78, 5) is 2.48. The minimum Gasteiger partial charge on any atom is -0.388 e. The monoisotopic (exact) mass is 225 g/mol. The lowest BCUT2D eigenvalue weighted by Crippen LogP contribution is -2.43. The van der Waals surface area contributed by atoms with E-state index in [2.05, 4.69) is 32.6 Å². The molecule has 0 bridgehead atoms. The normalized spacial score (nSPS) is 22.0. The highest BCUT2D eigenvalue weighted by molar-refractivity contribution is 5.77. The van der Waals surface area contributed by atoms with E-state index in [9.17, 15) is 0 Å². The van der Waals surface area contributed by atoms with Crippen molar-refractivity contribution in [3.8, 4) is 0 Å². The number of nitrogens with zero attached hydrogens (tertiary/aromatic N) is 1. The smallest absolute Gasteiger partial charge is 0.0920 e. The van der Waals surface area contributed by atoms with Crippen LogP contribution in [0.2, 0.25) is 0 Å². The van der Waals surface area contributed by atoms with Gasteiger partial charge in [-0.25, -0.2) is 0 Å². The maximum absolute atomic E-state index is 7.33. The van der Waals surface area contributed by atoms with Gasteiger partial charge in [0.15, 0.2) is 0 Å². The van der Waals surface area contributed by atoms with E-state index >= 15 is 0 Å². The van der Waals surface area contributed by atoms with Gasteiger partial charge in [0.05, 0.1) is 5.84 Å². The van der Waals surface area contributed by atoms with Crippen molar-refractivity contribution in [2.24, 2.45) is 17.1 Å². The molecule has 1 fully saturated rings. The molecule has 0 aromatic heterocycles. The molecule has 16 heavy (non-hydrogen) atoms. The van der Waals surface area contributed by atoms with Crippen LogP contribution in [0.5, 0.6) is 0 Å². The number of nitrogens with one attached hydrogen (secondary N) is 1. The van der Waals surface area contributed by atoms with E-state index in [0.29, 0.717) is 23.7 Å². The van der Waals surface area contributed by atoms with Crippen LogP contribution < -0.4 is 5.73 Å². The molecule has 94 valence electrons. The van der Waals surface area contributed by atoms with E-state index in [0.717, 1.165) is 19.0 Å². The highest BCUT2D eigenvalue weighted by atomic mass is 15.2. The van der Waals surface area contributed by atoms with Crippen molar-refractivity contribution in [2.45, 2.75) is 53.0 Å². The number of piperidine rings is 1. The average molecular weight is 225 g/mol. The molecule has 1 aliphatic heterocycles. The molecule has 1 unspecified atom stereocenters. The van der Waals surface area contributed by atoms with Gasteiger partial charge in [-0.15, -0.1) is 0 Å². The van der Waals surface area contributed by atoms with E-state index in [4.69, 9.17) is 11.1 Å². The van der Waals surface area contributed by atoms with Crippen molar-refractivity contribution in [3.05, 3.63) is 0 Å². The third-order valence-electron chi connectivity index (χ3n) is 3.89. The highest BCUT2D eigenvalue weighted by Crippen LogP contribution is 2.34. The third kappa shape index (κ3) is 3.78. The minimum absolute atomic E-state index is 0.311. The zero-order chi connectivity index (χ0) is 12.3. The number of amidine groups is 1. The largest absolute Gasteiger partial charge is 0.388 e. The molecule has 3 nitrogen and oxygen atoms in total. The van der Waals surface area contributed by atoms with Crippen molar-refractivity contribution in [2.75, 3.05) is 13.1 Å². The topological polar surface area (TPSA) is 53.1 Å². The second kappa shape index (κ2) is 5.17. The zero-order valence-corrected chi connectivity index (χ0v) is 11.2. The Hall–Kier alpha value is -0.570. The van der Waals surface area contributed by atoms with Crippen molar-refractivity contribution in [1.82, 2.24) is 4.90 Å². The summed E-state index contributed by atoms with van der Waals surface area (Å²) in [5, 5.41) is 7.33. The summed E-state index contributed by atoms with van der Waals surface area (Å²) < 4.78 is 0. The van der Waals surface area contributed by atoms with Crippen LogP contribution in [0.4, 0.5) is 0 Å². The Kier molecular flexibility index (Phi) is 4.36. The van der Waals surface area contributed by atoms with Crippen LogP contribution in [0, 0.1) is 16.7 Å². The van der Waals surface area contributed by atoms with Crippen molar-refractivity contribution in [1.29, 1.82) is 5.41 Å². The molecule has 1 heterocycles. The van der Waals surface area contributed by atoms with Crippen LogP contribution in [-0.4, -0.2) is 29.9 Å². The second-order valence-electron chi connectivity index (χ2n) is 6.25. The molecule has 0 saturated carbocycles. The summed E-state index contributed by atoms with van der Waals surface area (Å²) in [6.45, 7) is 11.5. The number of hydrogen-bond acceptors (Lipinski definition) is 2. The quantitative estimate of drug-likeness (QED) is 0.572. The maximum atomic E-state index is 7.33. The van der Waals surface area contributed by atoms with Crippen molar-refractivity contribution >= 4 is 5.84 Å². The Bertz CT molecular complexity index is 234. The second-order valence-corrected chi connectivity index (χ2v) is 6.25. The van der Waals surface area contributed by atoms with E-state index in [1.807, 2.05) is 0 Å². The van der Waals surface area contributed by atoms with Gasteiger partial charge in [0.25, 0.3) is 0 Å². The van der Waals surface area contributed by atoms with Gasteiger partial charge in [-0.05, 0) is 44.2 Å². The summed E-state index contributed by atoms with van der Waals surface area (Å²) in [5.41, 5.74) is 5.89. The van der Waals surface area contributed by atoms with Crippen molar-refractivity contribution in [3.63, 3.8) is 0 Å². The first-order valence-corrected chi connectivity index (χ1v) is 6.37. The van der Waals surface area contributed by atoms with Crippen LogP contribution >= 0.6 is 0 Å². The molecule has 3 heteroatoms. The first kappa shape index (κ1) is 13.5. The Balaban J connectivity index is 2.40. The lowest BCUT2D eigenvalue weighted by Gasteiger charge is -2.41. The fourth-order valence-electron chi connectivity index (χ4n) is 2.65. The van der Waals surface area contributed by atoms with Gasteiger partial charge in [0.1, 0.15) is 0 Å². The van der Waals surface area contributed by atoms with Gasteiger partial charge in [-0.2, -0.15) is 0 Å². The van der Waals surface area contributed by atoms with E-state index in [1.54, 1.807) is 0 Å². The molecule has 0 aromatic rings. The van der Waals surface area contributed by atoms with E-state index in [-0.39, 0.29) is 0 Å². The van der Waals surface area contributed by atoms with E-state index < -0.39 is 0 Å². The number of likely N-dealkylation sites (tertiary alicyclic amines) is 1. The molecule has 0 spiro atoms. The van der Waals surface area contributed by atoms with Gasteiger partial charge >= 0.3 is 0 Å². The minimum atomic E-state index is 0.311. The molecular weight excluding hydrogens is 198 g/mol. The number of nitrogens with two attached hydrogens (primary N) is 1. The van der Waals surface area contributed by atoms with Crippen LogP contribution in [0.15, 0.2) is 0 Å². The fraction of sp³-hybridized carbons (Fsp3) is 0.923. The average Bonchev–Trinajstić information content (AvgIpc) is 2.15. The summed E-state index contributed by atoms with van der Waals surface area (Å²) >= 11 is 0. The molecule has 0 radical (unpaired) electrons. The van der Waals surface area contributed by atoms with Gasteiger partial charge in [-0.1, -0.05) is 20.8 Å². The molecule has 1 saturated heterocycles. The first-order valence-electron chi connectivity index (χ1n) is 6.37. The summed E-state index contributed by atoms with van der Waals surface area (Å²) in [6, 6.07) is 0.429. The summed E-state index contributed by atoms with van der Waals surface area (Å²) in [7, 11) is 0. The Morgan fingerprint density at radius 2 is 1.88 bits per heavy atom. The number of hydrogen-bond donors (Lipinski definition) is 2. The standard InChI is InChI=1S/C13H27N3/c1-10(9-12(14)15)16-7-5-11(6-8-16)13(2,3)4/h10-11H,5-9H2,1-4H3,(H3,14,15). The Morgan fingerprint density at radius 3 is 2.25 bits per heavy atom. The van der Waals surface area contributed by atoms with Gasteiger partial charge in [0, 0.05) is 12.5 Å². The predicted molar refractivity (Wildman–Crippen MR) is 69.7 cm³/mol. The summed E-state index contributed by atoms with van der Waals surface area (Å²) in [5.74, 6) is 1.15. The molecule has 1 rings (SSSR count). The molecule has 1 atom stereocenters. The van der Waals surface area contributed by atoms with Crippen LogP contribution in [-0.2, 0) is 0 Å². The van der Waals surface area contributed by atoms with Crippen LogP contribution in [0.3, 0.4) is 0 Å². The summed E-state index contributed by atoms with van der Waals surface area (Å²) in [6.07, 6.45) is 3.28. The number of rotatable bonds is 3. The zero-order valence-electron chi connectivity index (χ0n) is 11.2. The molecule has 3 N–H and O–H groups in total. The third-order valence-corrected chi connectivity index (χ3v) is 3.89. The molecular formula is C13H27N3. The molecule has 0 aromatic carbocycles. The van der Waals surface area contributed by atoms with Crippen molar-refractivity contribution < 1.29 is 0 Å². The predicted octanol–water partition coefficient (Wildman–Crippen LogP) is 2.46. The van der Waals surface area contributed by atoms with Gasteiger partial charge < -0.3 is 10.6 Å².